The molecule has 6 heteroatoms. The van der Waals surface area contributed by atoms with Crippen LogP contribution in [-0.2, 0) is 13.5 Å². The second kappa shape index (κ2) is 4.56. The zero-order valence-corrected chi connectivity index (χ0v) is 11.2. The first-order valence-electron chi connectivity index (χ1n) is 6.22. The van der Waals surface area contributed by atoms with Gasteiger partial charge in [0.1, 0.15) is 11.5 Å². The SMILES string of the molecule is COc1ccc2c(c1)-c1c(c(C(=O)O)nn1C)CCO2. The van der Waals surface area contributed by atoms with Crippen LogP contribution in [0.15, 0.2) is 18.2 Å². The van der Waals surface area contributed by atoms with Gasteiger partial charge in [0.25, 0.3) is 0 Å². The number of nitrogens with zero attached hydrogens (tertiary/aromatic N) is 2. The first kappa shape index (κ1) is 12.5. The van der Waals surface area contributed by atoms with Crippen molar-refractivity contribution in [1.29, 1.82) is 0 Å². The van der Waals surface area contributed by atoms with Gasteiger partial charge in [0, 0.05) is 24.6 Å². The van der Waals surface area contributed by atoms with Gasteiger partial charge in [-0.05, 0) is 18.2 Å². The number of ether oxygens (including phenoxy) is 2. The maximum Gasteiger partial charge on any atom is 0.356 e. The van der Waals surface area contributed by atoms with Gasteiger partial charge in [0.2, 0.25) is 0 Å². The molecule has 1 N–H and O–H groups in total. The topological polar surface area (TPSA) is 73.6 Å². The highest BCUT2D eigenvalue weighted by Crippen LogP contribution is 2.38. The van der Waals surface area contributed by atoms with Crippen molar-refractivity contribution < 1.29 is 19.4 Å². The smallest absolute Gasteiger partial charge is 0.356 e. The van der Waals surface area contributed by atoms with E-state index in [9.17, 15) is 9.90 Å². The van der Waals surface area contributed by atoms with Gasteiger partial charge in [0.15, 0.2) is 5.69 Å². The molecule has 2 aromatic rings. The lowest BCUT2D eigenvalue weighted by molar-refractivity contribution is 0.0688. The van der Waals surface area contributed by atoms with E-state index in [-0.39, 0.29) is 5.69 Å². The molecule has 0 fully saturated rings. The largest absolute Gasteiger partial charge is 0.497 e. The molecule has 1 aromatic heterocycles. The number of methoxy groups -OCH3 is 1. The van der Waals surface area contributed by atoms with E-state index in [1.807, 2.05) is 18.2 Å². The van der Waals surface area contributed by atoms with Gasteiger partial charge in [-0.2, -0.15) is 5.10 Å². The second-order valence-corrected chi connectivity index (χ2v) is 4.57. The van der Waals surface area contributed by atoms with Crippen molar-refractivity contribution in [1.82, 2.24) is 9.78 Å². The van der Waals surface area contributed by atoms with Crippen molar-refractivity contribution in [3.63, 3.8) is 0 Å². The molecular weight excluding hydrogens is 260 g/mol. The second-order valence-electron chi connectivity index (χ2n) is 4.57. The summed E-state index contributed by atoms with van der Waals surface area (Å²) >= 11 is 0. The average molecular weight is 274 g/mol. The maximum atomic E-state index is 11.3. The number of aromatic carboxylic acids is 1. The van der Waals surface area contributed by atoms with Gasteiger partial charge >= 0.3 is 5.97 Å². The van der Waals surface area contributed by atoms with Crippen LogP contribution < -0.4 is 9.47 Å². The summed E-state index contributed by atoms with van der Waals surface area (Å²) in [6.07, 6.45) is 0.516. The highest BCUT2D eigenvalue weighted by Gasteiger charge is 2.26. The molecular formula is C14H14N2O4. The summed E-state index contributed by atoms with van der Waals surface area (Å²) in [7, 11) is 3.33. The number of aromatic nitrogens is 2. The van der Waals surface area contributed by atoms with Gasteiger partial charge in [-0.15, -0.1) is 0 Å². The molecule has 1 aliphatic heterocycles. The van der Waals surface area contributed by atoms with Crippen LogP contribution in [0.5, 0.6) is 11.5 Å². The molecule has 1 aliphatic rings. The quantitative estimate of drug-likeness (QED) is 0.902. The van der Waals surface area contributed by atoms with Crippen LogP contribution in [0.3, 0.4) is 0 Å². The highest BCUT2D eigenvalue weighted by atomic mass is 16.5. The van der Waals surface area contributed by atoms with Gasteiger partial charge in [-0.1, -0.05) is 0 Å². The number of fused-ring (bicyclic) bond motifs is 3. The number of carboxylic acids is 1. The van der Waals surface area contributed by atoms with E-state index >= 15 is 0 Å². The molecule has 104 valence electrons. The lowest BCUT2D eigenvalue weighted by Gasteiger charge is -2.10. The number of hydrogen-bond donors (Lipinski definition) is 1. The molecule has 0 radical (unpaired) electrons. The molecule has 0 atom stereocenters. The van der Waals surface area contributed by atoms with E-state index in [1.54, 1.807) is 18.8 Å². The van der Waals surface area contributed by atoms with Gasteiger partial charge in [-0.3, -0.25) is 4.68 Å². The summed E-state index contributed by atoms with van der Waals surface area (Å²) in [5, 5.41) is 13.4. The Balaban J connectivity index is 2.28. The van der Waals surface area contributed by atoms with Crippen molar-refractivity contribution in [2.24, 2.45) is 7.05 Å². The summed E-state index contributed by atoms with van der Waals surface area (Å²) in [6, 6.07) is 5.49. The molecule has 0 saturated carbocycles. The number of benzene rings is 1. The predicted molar refractivity (Wildman–Crippen MR) is 71.4 cm³/mol. The standard InChI is InChI=1S/C14H14N2O4/c1-16-13-9(12(15-16)14(17)18)5-6-20-11-4-3-8(19-2)7-10(11)13/h3-4,7H,5-6H2,1-2H3,(H,17,18). The number of rotatable bonds is 2. The summed E-state index contributed by atoms with van der Waals surface area (Å²) in [5.74, 6) is 0.385. The summed E-state index contributed by atoms with van der Waals surface area (Å²) in [5.41, 5.74) is 2.36. The van der Waals surface area contributed by atoms with Crippen molar-refractivity contribution in [2.45, 2.75) is 6.42 Å². The molecule has 0 amide bonds. The Morgan fingerprint density at radius 2 is 2.30 bits per heavy atom. The van der Waals surface area contributed by atoms with E-state index in [4.69, 9.17) is 9.47 Å². The first-order valence-corrected chi connectivity index (χ1v) is 6.22. The fourth-order valence-electron chi connectivity index (χ4n) is 2.52. The first-order chi connectivity index (χ1) is 9.61. The molecule has 0 bridgehead atoms. The molecule has 2 heterocycles. The minimum absolute atomic E-state index is 0.0850. The minimum Gasteiger partial charge on any atom is -0.497 e. The number of carbonyl (C=O) groups is 1. The summed E-state index contributed by atoms with van der Waals surface area (Å²) in [4.78, 5) is 11.3. The van der Waals surface area contributed by atoms with Crippen LogP contribution in [0.25, 0.3) is 11.3 Å². The molecule has 3 rings (SSSR count). The molecule has 1 aromatic carbocycles. The van der Waals surface area contributed by atoms with E-state index < -0.39 is 5.97 Å². The predicted octanol–water partition coefficient (Wildman–Crippen LogP) is 1.73. The van der Waals surface area contributed by atoms with E-state index in [2.05, 4.69) is 5.10 Å². The van der Waals surface area contributed by atoms with Crippen molar-refractivity contribution in [2.75, 3.05) is 13.7 Å². The molecule has 0 unspecified atom stereocenters. The Morgan fingerprint density at radius 3 is 3.00 bits per heavy atom. The lowest BCUT2D eigenvalue weighted by atomic mass is 10.0. The molecule has 20 heavy (non-hydrogen) atoms. The maximum absolute atomic E-state index is 11.3. The van der Waals surface area contributed by atoms with Gasteiger partial charge < -0.3 is 14.6 Å². The zero-order chi connectivity index (χ0) is 14.3. The van der Waals surface area contributed by atoms with Gasteiger partial charge in [-0.25, -0.2) is 4.79 Å². The Labute approximate surface area is 115 Å². The Hall–Kier alpha value is -2.50. The number of hydrogen-bond acceptors (Lipinski definition) is 4. The van der Waals surface area contributed by atoms with E-state index in [1.165, 1.54) is 0 Å². The third kappa shape index (κ3) is 1.80. The zero-order valence-electron chi connectivity index (χ0n) is 11.2. The van der Waals surface area contributed by atoms with Crippen LogP contribution in [0.1, 0.15) is 16.1 Å². The molecule has 0 aliphatic carbocycles. The normalized spacial score (nSPS) is 12.9. The van der Waals surface area contributed by atoms with Crippen LogP contribution in [0.2, 0.25) is 0 Å². The average Bonchev–Trinajstić information content (AvgIpc) is 2.65. The Bertz CT molecular complexity index is 691. The van der Waals surface area contributed by atoms with E-state index in [0.717, 1.165) is 11.3 Å². The minimum atomic E-state index is -1.02. The number of aryl methyl sites for hydroxylation is 1. The summed E-state index contributed by atoms with van der Waals surface area (Å²) in [6.45, 7) is 0.429. The number of carboxylic acid groups (broad SMARTS) is 1. The lowest BCUT2D eigenvalue weighted by Crippen LogP contribution is -2.05. The van der Waals surface area contributed by atoms with Crippen molar-refractivity contribution in [3.8, 4) is 22.8 Å². The van der Waals surface area contributed by atoms with Crippen molar-refractivity contribution >= 4 is 5.97 Å². The molecule has 6 nitrogen and oxygen atoms in total. The van der Waals surface area contributed by atoms with Crippen LogP contribution in [0, 0.1) is 0 Å². The molecule has 0 saturated heterocycles. The third-order valence-corrected chi connectivity index (χ3v) is 3.40. The Kier molecular flexibility index (Phi) is 2.85. The fraction of sp³-hybridized carbons (Fsp3) is 0.286. The fourth-order valence-corrected chi connectivity index (χ4v) is 2.52. The van der Waals surface area contributed by atoms with Crippen molar-refractivity contribution in [3.05, 3.63) is 29.5 Å². The molecule has 0 spiro atoms. The van der Waals surface area contributed by atoms with Crippen LogP contribution in [-0.4, -0.2) is 34.6 Å². The van der Waals surface area contributed by atoms with Crippen LogP contribution in [0.4, 0.5) is 0 Å². The monoisotopic (exact) mass is 274 g/mol. The Morgan fingerprint density at radius 1 is 1.50 bits per heavy atom. The van der Waals surface area contributed by atoms with Gasteiger partial charge in [0.05, 0.1) is 19.4 Å². The van der Waals surface area contributed by atoms with E-state index in [0.29, 0.717) is 30.1 Å². The third-order valence-electron chi connectivity index (χ3n) is 3.40. The highest BCUT2D eigenvalue weighted by molar-refractivity contribution is 5.90. The summed E-state index contributed by atoms with van der Waals surface area (Å²) < 4.78 is 12.5. The van der Waals surface area contributed by atoms with Crippen LogP contribution >= 0.6 is 0 Å².